The molecule has 0 unspecified atom stereocenters. The van der Waals surface area contributed by atoms with Gasteiger partial charge in [-0.2, -0.15) is 0 Å². The van der Waals surface area contributed by atoms with Crippen LogP contribution in [0.5, 0.6) is 0 Å². The molecule has 0 spiro atoms. The SMILES string of the molecule is CC(C)CN(c1ccc(-c2ccccc2C(=O)O)cc1Nc1cccc(Cl)n1)C1CCCCC1. The van der Waals surface area contributed by atoms with Crippen LogP contribution < -0.4 is 10.2 Å². The van der Waals surface area contributed by atoms with Gasteiger partial charge in [-0.15, -0.1) is 0 Å². The summed E-state index contributed by atoms with van der Waals surface area (Å²) in [4.78, 5) is 18.8. The molecule has 1 heterocycles. The number of anilines is 3. The summed E-state index contributed by atoms with van der Waals surface area (Å²) in [6.45, 7) is 5.45. The number of carbonyl (C=O) groups is 1. The first-order valence-corrected chi connectivity index (χ1v) is 12.4. The van der Waals surface area contributed by atoms with Crippen molar-refractivity contribution in [2.75, 3.05) is 16.8 Å². The Bertz CT molecular complexity index is 1140. The van der Waals surface area contributed by atoms with Gasteiger partial charge in [-0.25, -0.2) is 9.78 Å². The molecule has 1 aliphatic rings. The maximum Gasteiger partial charge on any atom is 0.336 e. The largest absolute Gasteiger partial charge is 0.478 e. The van der Waals surface area contributed by atoms with Crippen molar-refractivity contribution in [3.63, 3.8) is 0 Å². The van der Waals surface area contributed by atoms with Crippen molar-refractivity contribution < 1.29 is 9.90 Å². The number of carboxylic acid groups (broad SMARTS) is 1. The number of nitrogens with one attached hydrogen (secondary N) is 1. The maximum atomic E-state index is 11.9. The summed E-state index contributed by atoms with van der Waals surface area (Å²) in [5.74, 6) is 0.228. The van der Waals surface area contributed by atoms with Crippen molar-refractivity contribution in [2.45, 2.75) is 52.0 Å². The fraction of sp³-hybridized carbons (Fsp3) is 0.357. The van der Waals surface area contributed by atoms with Crippen LogP contribution in [0.15, 0.2) is 60.7 Å². The van der Waals surface area contributed by atoms with Gasteiger partial charge in [-0.05, 0) is 60.2 Å². The molecule has 1 fully saturated rings. The summed E-state index contributed by atoms with van der Waals surface area (Å²) in [6, 6.07) is 19.3. The van der Waals surface area contributed by atoms with Crippen LogP contribution in [0.3, 0.4) is 0 Å². The van der Waals surface area contributed by atoms with Crippen LogP contribution in [0.4, 0.5) is 17.2 Å². The topological polar surface area (TPSA) is 65.5 Å². The lowest BCUT2D eigenvalue weighted by atomic mass is 9.92. The fourth-order valence-corrected chi connectivity index (χ4v) is 4.99. The van der Waals surface area contributed by atoms with Gasteiger partial charge in [0.15, 0.2) is 0 Å². The lowest BCUT2D eigenvalue weighted by molar-refractivity contribution is 0.0697. The zero-order chi connectivity index (χ0) is 24.1. The third-order valence-electron chi connectivity index (χ3n) is 6.33. The van der Waals surface area contributed by atoms with E-state index < -0.39 is 5.97 Å². The van der Waals surface area contributed by atoms with E-state index in [1.807, 2.05) is 36.4 Å². The van der Waals surface area contributed by atoms with E-state index in [4.69, 9.17) is 11.6 Å². The van der Waals surface area contributed by atoms with Gasteiger partial charge < -0.3 is 15.3 Å². The molecule has 2 aromatic carbocycles. The zero-order valence-electron chi connectivity index (χ0n) is 19.8. The van der Waals surface area contributed by atoms with E-state index in [1.165, 1.54) is 32.1 Å². The van der Waals surface area contributed by atoms with Crippen LogP contribution in [0, 0.1) is 5.92 Å². The van der Waals surface area contributed by atoms with Crippen molar-refractivity contribution in [1.29, 1.82) is 0 Å². The van der Waals surface area contributed by atoms with Crippen molar-refractivity contribution >= 4 is 34.8 Å². The minimum absolute atomic E-state index is 0.286. The number of benzene rings is 2. The molecule has 4 rings (SSSR count). The highest BCUT2D eigenvalue weighted by molar-refractivity contribution is 6.29. The Morgan fingerprint density at radius 3 is 2.56 bits per heavy atom. The number of hydrogen-bond donors (Lipinski definition) is 2. The molecule has 178 valence electrons. The normalized spacial score (nSPS) is 14.2. The van der Waals surface area contributed by atoms with E-state index in [-0.39, 0.29) is 5.56 Å². The summed E-state index contributed by atoms with van der Waals surface area (Å²) in [5, 5.41) is 13.6. The molecule has 5 nitrogen and oxygen atoms in total. The Hall–Kier alpha value is -3.05. The van der Waals surface area contributed by atoms with Gasteiger partial charge >= 0.3 is 5.97 Å². The Labute approximate surface area is 206 Å². The smallest absolute Gasteiger partial charge is 0.336 e. The van der Waals surface area contributed by atoms with Crippen LogP contribution in [-0.4, -0.2) is 28.6 Å². The molecule has 2 N–H and O–H groups in total. The first-order chi connectivity index (χ1) is 16.4. The molecule has 6 heteroatoms. The quantitative estimate of drug-likeness (QED) is 0.326. The van der Waals surface area contributed by atoms with Crippen molar-refractivity contribution in [3.05, 3.63) is 71.4 Å². The standard InChI is InChI=1S/C28H32ClN3O2/c1-19(2)18-32(21-9-4-3-5-10-21)25-16-15-20(22-11-6-7-12-23(22)28(33)34)17-24(25)30-27-14-8-13-26(29)31-27/h6-8,11-17,19,21H,3-5,9-10,18H2,1-2H3,(H,30,31)(H,33,34). The van der Waals surface area contributed by atoms with Gasteiger partial charge in [-0.1, -0.05) is 75.0 Å². The Kier molecular flexibility index (Phi) is 7.73. The lowest BCUT2D eigenvalue weighted by Gasteiger charge is -2.38. The van der Waals surface area contributed by atoms with E-state index in [0.717, 1.165) is 23.5 Å². The summed E-state index contributed by atoms with van der Waals surface area (Å²) >= 11 is 6.16. The molecule has 1 saturated carbocycles. The Morgan fingerprint density at radius 1 is 1.09 bits per heavy atom. The van der Waals surface area contributed by atoms with Crippen molar-refractivity contribution in [3.8, 4) is 11.1 Å². The highest BCUT2D eigenvalue weighted by Crippen LogP contribution is 2.38. The average molecular weight is 478 g/mol. The van der Waals surface area contributed by atoms with Gasteiger partial charge in [0.25, 0.3) is 0 Å². The number of nitrogens with zero attached hydrogens (tertiary/aromatic N) is 2. The van der Waals surface area contributed by atoms with Crippen LogP contribution in [0.25, 0.3) is 11.1 Å². The molecular weight excluding hydrogens is 446 g/mol. The molecule has 3 aromatic rings. The van der Waals surface area contributed by atoms with E-state index in [1.54, 1.807) is 18.2 Å². The summed E-state index contributed by atoms with van der Waals surface area (Å²) in [7, 11) is 0. The highest BCUT2D eigenvalue weighted by atomic mass is 35.5. The van der Waals surface area contributed by atoms with Gasteiger partial charge in [0, 0.05) is 12.6 Å². The molecule has 0 amide bonds. The number of aromatic nitrogens is 1. The Balaban J connectivity index is 1.82. The van der Waals surface area contributed by atoms with Gasteiger partial charge in [-0.3, -0.25) is 0 Å². The Morgan fingerprint density at radius 2 is 1.85 bits per heavy atom. The molecule has 0 saturated heterocycles. The number of rotatable bonds is 8. The predicted molar refractivity (Wildman–Crippen MR) is 140 cm³/mol. The van der Waals surface area contributed by atoms with Crippen LogP contribution in [0.2, 0.25) is 5.15 Å². The van der Waals surface area contributed by atoms with E-state index in [0.29, 0.717) is 28.5 Å². The monoisotopic (exact) mass is 477 g/mol. The molecule has 1 aliphatic carbocycles. The number of halogens is 1. The number of hydrogen-bond acceptors (Lipinski definition) is 4. The maximum absolute atomic E-state index is 11.9. The fourth-order valence-electron chi connectivity index (χ4n) is 4.82. The second-order valence-electron chi connectivity index (χ2n) is 9.39. The second-order valence-corrected chi connectivity index (χ2v) is 9.78. The van der Waals surface area contributed by atoms with Crippen LogP contribution >= 0.6 is 11.6 Å². The molecule has 0 aliphatic heterocycles. The number of carboxylic acids is 1. The second kappa shape index (κ2) is 10.9. The third-order valence-corrected chi connectivity index (χ3v) is 6.54. The van der Waals surface area contributed by atoms with Gasteiger partial charge in [0.1, 0.15) is 11.0 Å². The first kappa shape index (κ1) is 24.1. The van der Waals surface area contributed by atoms with E-state index >= 15 is 0 Å². The molecule has 0 bridgehead atoms. The van der Waals surface area contributed by atoms with Crippen LogP contribution in [0.1, 0.15) is 56.3 Å². The van der Waals surface area contributed by atoms with E-state index in [9.17, 15) is 9.90 Å². The predicted octanol–water partition coefficient (Wildman–Crippen LogP) is 7.64. The minimum atomic E-state index is -0.936. The van der Waals surface area contributed by atoms with Gasteiger partial charge in [0.2, 0.25) is 0 Å². The molecule has 0 radical (unpaired) electrons. The third kappa shape index (κ3) is 5.71. The summed E-state index contributed by atoms with van der Waals surface area (Å²) in [5.41, 5.74) is 3.84. The number of aromatic carboxylic acids is 1. The molecule has 1 aromatic heterocycles. The van der Waals surface area contributed by atoms with E-state index in [2.05, 4.69) is 35.1 Å². The van der Waals surface area contributed by atoms with Gasteiger partial charge in [0.05, 0.1) is 16.9 Å². The first-order valence-electron chi connectivity index (χ1n) is 12.1. The van der Waals surface area contributed by atoms with Crippen LogP contribution in [-0.2, 0) is 0 Å². The van der Waals surface area contributed by atoms with Crippen molar-refractivity contribution in [2.24, 2.45) is 5.92 Å². The lowest BCUT2D eigenvalue weighted by Crippen LogP contribution is -2.39. The summed E-state index contributed by atoms with van der Waals surface area (Å²) in [6.07, 6.45) is 6.18. The van der Waals surface area contributed by atoms with Crippen molar-refractivity contribution in [1.82, 2.24) is 4.98 Å². The number of pyridine rings is 1. The summed E-state index contributed by atoms with van der Waals surface area (Å²) < 4.78 is 0. The molecular formula is C28H32ClN3O2. The minimum Gasteiger partial charge on any atom is -0.478 e. The average Bonchev–Trinajstić information content (AvgIpc) is 2.83. The molecule has 0 atom stereocenters. The zero-order valence-corrected chi connectivity index (χ0v) is 20.6. The molecule has 34 heavy (non-hydrogen) atoms. The highest BCUT2D eigenvalue weighted by Gasteiger charge is 2.25.